The fourth-order valence-corrected chi connectivity index (χ4v) is 4.39. The molecule has 34 heavy (non-hydrogen) atoms. The van der Waals surface area contributed by atoms with Crippen LogP contribution in [-0.4, -0.2) is 38.9 Å². The van der Waals surface area contributed by atoms with E-state index in [0.29, 0.717) is 34.6 Å². The van der Waals surface area contributed by atoms with Crippen molar-refractivity contribution in [2.45, 2.75) is 5.92 Å². The fraction of sp³-hybridized carbons (Fsp3) is 0.115. The Morgan fingerprint density at radius 3 is 2.56 bits per heavy atom. The minimum Gasteiger partial charge on any atom is -0.508 e. The molecule has 3 aromatic carbocycles. The summed E-state index contributed by atoms with van der Waals surface area (Å²) < 4.78 is 18.8. The molecule has 1 aliphatic heterocycles. The zero-order valence-corrected chi connectivity index (χ0v) is 18.5. The molecule has 3 heterocycles. The Morgan fingerprint density at radius 1 is 0.941 bits per heavy atom. The van der Waals surface area contributed by atoms with Crippen molar-refractivity contribution in [3.8, 4) is 40.3 Å². The van der Waals surface area contributed by atoms with Gasteiger partial charge in [0.2, 0.25) is 5.88 Å². The second-order valence-corrected chi connectivity index (χ2v) is 7.90. The molecule has 0 saturated heterocycles. The van der Waals surface area contributed by atoms with Crippen molar-refractivity contribution in [2.75, 3.05) is 14.2 Å². The largest absolute Gasteiger partial charge is 0.508 e. The number of ether oxygens (including phenoxy) is 3. The van der Waals surface area contributed by atoms with E-state index in [1.165, 1.54) is 0 Å². The van der Waals surface area contributed by atoms with Crippen LogP contribution in [0.15, 0.2) is 73.1 Å². The molecular weight excluding hydrogens is 432 g/mol. The maximum absolute atomic E-state index is 10.1. The van der Waals surface area contributed by atoms with E-state index in [4.69, 9.17) is 19.2 Å². The second-order valence-electron chi connectivity index (χ2n) is 7.90. The summed E-state index contributed by atoms with van der Waals surface area (Å²) >= 11 is 0. The predicted molar refractivity (Wildman–Crippen MR) is 125 cm³/mol. The molecule has 0 bridgehead atoms. The van der Waals surface area contributed by atoms with E-state index in [2.05, 4.69) is 10.1 Å². The van der Waals surface area contributed by atoms with Gasteiger partial charge in [-0.25, -0.2) is 14.5 Å². The lowest BCUT2D eigenvalue weighted by Crippen LogP contribution is -2.15. The third-order valence-electron chi connectivity index (χ3n) is 5.96. The number of rotatable bonds is 4. The first-order valence-electron chi connectivity index (χ1n) is 10.7. The van der Waals surface area contributed by atoms with Crippen LogP contribution >= 0.6 is 0 Å². The van der Waals surface area contributed by atoms with Gasteiger partial charge in [0.05, 0.1) is 19.8 Å². The van der Waals surface area contributed by atoms with Crippen molar-refractivity contribution in [1.29, 1.82) is 0 Å². The third-order valence-corrected chi connectivity index (χ3v) is 5.96. The highest BCUT2D eigenvalue weighted by atomic mass is 16.5. The Kier molecular flexibility index (Phi) is 4.58. The maximum Gasteiger partial charge on any atom is 0.228 e. The number of hydrogen-bond acceptors (Lipinski definition) is 7. The zero-order chi connectivity index (χ0) is 23.2. The highest BCUT2D eigenvalue weighted by Crippen LogP contribution is 2.49. The summed E-state index contributed by atoms with van der Waals surface area (Å²) in [5.74, 6) is 2.61. The fourth-order valence-electron chi connectivity index (χ4n) is 4.39. The summed E-state index contributed by atoms with van der Waals surface area (Å²) in [6, 6.07) is 20.7. The van der Waals surface area contributed by atoms with E-state index in [1.807, 2.05) is 54.6 Å². The van der Waals surface area contributed by atoms with E-state index in [-0.39, 0.29) is 11.7 Å². The van der Waals surface area contributed by atoms with Crippen molar-refractivity contribution in [2.24, 2.45) is 0 Å². The molecule has 0 radical (unpaired) electrons. The lowest BCUT2D eigenvalue weighted by Gasteiger charge is -2.28. The summed E-state index contributed by atoms with van der Waals surface area (Å²) in [5, 5.41) is 14.7. The molecule has 0 saturated carbocycles. The highest BCUT2D eigenvalue weighted by molar-refractivity contribution is 5.69. The Bertz CT molecular complexity index is 1530. The quantitative estimate of drug-likeness (QED) is 0.411. The van der Waals surface area contributed by atoms with Crippen LogP contribution in [0, 0.1) is 0 Å². The molecule has 0 aliphatic carbocycles. The summed E-state index contributed by atoms with van der Waals surface area (Å²) in [5.41, 5.74) is 4.14. The number of methoxy groups -OCH3 is 2. The van der Waals surface area contributed by atoms with Gasteiger partial charge in [0.15, 0.2) is 23.0 Å². The molecule has 0 amide bonds. The molecule has 6 rings (SSSR count). The van der Waals surface area contributed by atoms with E-state index in [0.717, 1.165) is 22.3 Å². The number of phenolic OH excluding ortho intramolecular Hbond substituents is 1. The van der Waals surface area contributed by atoms with E-state index < -0.39 is 0 Å². The minimum absolute atomic E-state index is 0.114. The van der Waals surface area contributed by atoms with Crippen LogP contribution in [0.4, 0.5) is 0 Å². The number of aromatic nitrogens is 4. The van der Waals surface area contributed by atoms with Crippen molar-refractivity contribution >= 4 is 5.65 Å². The number of nitrogens with zero attached hydrogens (tertiary/aromatic N) is 4. The molecule has 1 aliphatic rings. The molecule has 8 nitrogen and oxygen atoms in total. The normalized spacial score (nSPS) is 14.2. The van der Waals surface area contributed by atoms with Crippen molar-refractivity contribution in [3.05, 3.63) is 89.7 Å². The van der Waals surface area contributed by atoms with E-state index in [9.17, 15) is 5.11 Å². The molecule has 0 spiro atoms. The van der Waals surface area contributed by atoms with Crippen LogP contribution in [0.1, 0.15) is 22.6 Å². The first kappa shape index (κ1) is 20.0. The molecule has 2 aromatic heterocycles. The van der Waals surface area contributed by atoms with Crippen molar-refractivity contribution < 1.29 is 19.3 Å². The summed E-state index contributed by atoms with van der Waals surface area (Å²) in [6.07, 6.45) is 1.59. The van der Waals surface area contributed by atoms with Crippen LogP contribution in [0.25, 0.3) is 17.0 Å². The Morgan fingerprint density at radius 2 is 1.76 bits per heavy atom. The van der Waals surface area contributed by atoms with Crippen LogP contribution in [0.3, 0.4) is 0 Å². The van der Waals surface area contributed by atoms with Crippen LogP contribution in [-0.2, 0) is 0 Å². The van der Waals surface area contributed by atoms with Gasteiger partial charge < -0.3 is 19.3 Å². The Balaban J connectivity index is 1.61. The monoisotopic (exact) mass is 452 g/mol. The first-order chi connectivity index (χ1) is 16.7. The molecule has 8 heteroatoms. The van der Waals surface area contributed by atoms with E-state index in [1.54, 1.807) is 37.2 Å². The molecule has 1 atom stereocenters. The lowest BCUT2D eigenvalue weighted by molar-refractivity contribution is 0.354. The summed E-state index contributed by atoms with van der Waals surface area (Å²) in [6.45, 7) is 0. The standard InChI is InChI=1S/C26H20N4O4/c1-32-19-11-8-16(12-21(19)33-2)22-18-10-9-17(31)13-20(18)34-26-23(22)25-28-24(29-30(25)14-27-26)15-6-4-3-5-7-15/h3-14,22,31H,1-2H3. The number of phenols is 1. The van der Waals surface area contributed by atoms with Gasteiger partial charge in [-0.2, -0.15) is 0 Å². The number of benzene rings is 3. The average molecular weight is 452 g/mol. The van der Waals surface area contributed by atoms with Gasteiger partial charge in [-0.3, -0.25) is 0 Å². The first-order valence-corrected chi connectivity index (χ1v) is 10.7. The highest BCUT2D eigenvalue weighted by Gasteiger charge is 2.34. The molecule has 0 fully saturated rings. The number of fused-ring (bicyclic) bond motifs is 4. The Hall–Kier alpha value is -4.59. The van der Waals surface area contributed by atoms with Gasteiger partial charge in [0.1, 0.15) is 17.8 Å². The van der Waals surface area contributed by atoms with Crippen LogP contribution in [0.2, 0.25) is 0 Å². The van der Waals surface area contributed by atoms with Gasteiger partial charge >= 0.3 is 0 Å². The molecular formula is C26H20N4O4. The predicted octanol–water partition coefficient (Wildman–Crippen LogP) is 4.80. The number of aromatic hydroxyl groups is 1. The van der Waals surface area contributed by atoms with Crippen LogP contribution < -0.4 is 14.2 Å². The van der Waals surface area contributed by atoms with Gasteiger partial charge in [0, 0.05) is 23.1 Å². The third kappa shape index (κ3) is 3.11. The SMILES string of the molecule is COc1ccc(C2c3ccc(O)cc3Oc3ncn4nc(-c5ccccc5)nc4c32)cc1OC. The summed E-state index contributed by atoms with van der Waals surface area (Å²) in [4.78, 5) is 9.40. The van der Waals surface area contributed by atoms with Crippen molar-refractivity contribution in [3.63, 3.8) is 0 Å². The topological polar surface area (TPSA) is 91.0 Å². The van der Waals surface area contributed by atoms with Gasteiger partial charge in [0.25, 0.3) is 0 Å². The van der Waals surface area contributed by atoms with Gasteiger partial charge in [-0.05, 0) is 23.8 Å². The molecule has 168 valence electrons. The summed E-state index contributed by atoms with van der Waals surface area (Å²) in [7, 11) is 3.21. The van der Waals surface area contributed by atoms with Gasteiger partial charge in [-0.15, -0.1) is 5.10 Å². The van der Waals surface area contributed by atoms with Crippen LogP contribution in [0.5, 0.6) is 28.9 Å². The van der Waals surface area contributed by atoms with Crippen molar-refractivity contribution in [1.82, 2.24) is 19.6 Å². The lowest BCUT2D eigenvalue weighted by atomic mass is 9.83. The second kappa shape index (κ2) is 7.77. The molecule has 1 unspecified atom stereocenters. The zero-order valence-electron chi connectivity index (χ0n) is 18.5. The van der Waals surface area contributed by atoms with Gasteiger partial charge in [-0.1, -0.05) is 42.5 Å². The average Bonchev–Trinajstić information content (AvgIpc) is 3.32. The Labute approximate surface area is 195 Å². The minimum atomic E-state index is -0.289. The molecule has 5 aromatic rings. The molecule has 1 N–H and O–H groups in total. The maximum atomic E-state index is 10.1. The van der Waals surface area contributed by atoms with E-state index >= 15 is 0 Å². The number of hydrogen-bond donors (Lipinski definition) is 1. The smallest absolute Gasteiger partial charge is 0.228 e.